The largest absolute Gasteiger partial charge is 0.327 e. The zero-order valence-corrected chi connectivity index (χ0v) is 8.68. The predicted molar refractivity (Wildman–Crippen MR) is 57.2 cm³/mol. The van der Waals surface area contributed by atoms with Crippen LogP contribution in [-0.4, -0.2) is 6.04 Å². The predicted octanol–water partition coefficient (Wildman–Crippen LogP) is 2.70. The molecule has 74 valence electrons. The van der Waals surface area contributed by atoms with Crippen LogP contribution in [-0.2, 0) is 0 Å². The third kappa shape index (κ3) is 4.33. The van der Waals surface area contributed by atoms with E-state index in [0.29, 0.717) is 6.04 Å². The second kappa shape index (κ2) is 6.05. The molecule has 1 saturated carbocycles. The molecule has 0 bridgehead atoms. The van der Waals surface area contributed by atoms with Gasteiger partial charge in [-0.15, -0.1) is 11.8 Å². The first-order valence-corrected chi connectivity index (χ1v) is 5.48. The minimum absolute atomic E-state index is 0.315. The first-order chi connectivity index (χ1) is 6.33. The van der Waals surface area contributed by atoms with Crippen LogP contribution in [0.1, 0.15) is 51.9 Å². The van der Waals surface area contributed by atoms with Gasteiger partial charge in [-0.1, -0.05) is 32.1 Å². The molecular weight excluding hydrogens is 158 g/mol. The van der Waals surface area contributed by atoms with Crippen LogP contribution >= 0.6 is 0 Å². The fourth-order valence-electron chi connectivity index (χ4n) is 2.17. The summed E-state index contributed by atoms with van der Waals surface area (Å²) in [5, 5.41) is 0. The van der Waals surface area contributed by atoms with Crippen molar-refractivity contribution in [1.82, 2.24) is 0 Å². The average molecular weight is 179 g/mol. The van der Waals surface area contributed by atoms with Crippen LogP contribution in [0.4, 0.5) is 0 Å². The van der Waals surface area contributed by atoms with Crippen LogP contribution in [0.3, 0.4) is 0 Å². The zero-order valence-electron chi connectivity index (χ0n) is 8.68. The molecule has 1 atom stereocenters. The SMILES string of the molecule is CC#CCC(N)CC1CCCCC1. The second-order valence-electron chi connectivity index (χ2n) is 4.13. The highest BCUT2D eigenvalue weighted by atomic mass is 14.6. The van der Waals surface area contributed by atoms with Gasteiger partial charge >= 0.3 is 0 Å². The van der Waals surface area contributed by atoms with Crippen molar-refractivity contribution in [3.8, 4) is 11.8 Å². The first kappa shape index (κ1) is 10.6. The molecule has 1 unspecified atom stereocenters. The number of nitrogens with two attached hydrogens (primary N) is 1. The minimum atomic E-state index is 0.315. The highest BCUT2D eigenvalue weighted by Crippen LogP contribution is 2.27. The molecule has 0 radical (unpaired) electrons. The van der Waals surface area contributed by atoms with Gasteiger partial charge < -0.3 is 5.73 Å². The maximum absolute atomic E-state index is 5.99. The summed E-state index contributed by atoms with van der Waals surface area (Å²) >= 11 is 0. The number of rotatable bonds is 3. The van der Waals surface area contributed by atoms with Crippen LogP contribution in [0.2, 0.25) is 0 Å². The lowest BCUT2D eigenvalue weighted by Gasteiger charge is -2.23. The summed E-state index contributed by atoms with van der Waals surface area (Å²) in [7, 11) is 0. The van der Waals surface area contributed by atoms with E-state index in [0.717, 1.165) is 12.3 Å². The molecule has 1 aliphatic carbocycles. The lowest BCUT2D eigenvalue weighted by Crippen LogP contribution is -2.24. The number of hydrogen-bond acceptors (Lipinski definition) is 1. The maximum atomic E-state index is 5.99. The summed E-state index contributed by atoms with van der Waals surface area (Å²) in [6.07, 6.45) is 9.12. The van der Waals surface area contributed by atoms with Gasteiger partial charge in [-0.2, -0.15) is 0 Å². The van der Waals surface area contributed by atoms with Gasteiger partial charge in [-0.3, -0.25) is 0 Å². The van der Waals surface area contributed by atoms with E-state index in [2.05, 4.69) is 11.8 Å². The molecule has 1 fully saturated rings. The third-order valence-electron chi connectivity index (χ3n) is 2.90. The molecule has 2 N–H and O–H groups in total. The van der Waals surface area contributed by atoms with E-state index in [1.54, 1.807) is 0 Å². The molecule has 0 aliphatic heterocycles. The molecule has 1 heteroatoms. The molecule has 13 heavy (non-hydrogen) atoms. The van der Waals surface area contributed by atoms with Crippen LogP contribution in [0, 0.1) is 17.8 Å². The Kier molecular flexibility index (Phi) is 4.93. The van der Waals surface area contributed by atoms with Crippen molar-refractivity contribution in [3.05, 3.63) is 0 Å². The van der Waals surface area contributed by atoms with Gasteiger partial charge in [0, 0.05) is 12.5 Å². The van der Waals surface area contributed by atoms with Crippen molar-refractivity contribution >= 4 is 0 Å². The normalized spacial score (nSPS) is 20.5. The Morgan fingerprint density at radius 1 is 1.31 bits per heavy atom. The topological polar surface area (TPSA) is 26.0 Å². The summed E-state index contributed by atoms with van der Waals surface area (Å²) in [5.74, 6) is 6.86. The van der Waals surface area contributed by atoms with Crippen LogP contribution in [0.25, 0.3) is 0 Å². The molecule has 0 aromatic heterocycles. The monoisotopic (exact) mass is 179 g/mol. The Morgan fingerprint density at radius 2 is 2.00 bits per heavy atom. The second-order valence-corrected chi connectivity index (χ2v) is 4.13. The van der Waals surface area contributed by atoms with E-state index >= 15 is 0 Å². The van der Waals surface area contributed by atoms with Crippen LogP contribution in [0.5, 0.6) is 0 Å². The molecule has 0 aromatic carbocycles. The van der Waals surface area contributed by atoms with Crippen LogP contribution in [0.15, 0.2) is 0 Å². The fourth-order valence-corrected chi connectivity index (χ4v) is 2.17. The summed E-state index contributed by atoms with van der Waals surface area (Å²) in [4.78, 5) is 0. The van der Waals surface area contributed by atoms with Crippen molar-refractivity contribution in [2.75, 3.05) is 0 Å². The molecular formula is C12H21N. The van der Waals surface area contributed by atoms with Gasteiger partial charge in [-0.25, -0.2) is 0 Å². The molecule has 0 amide bonds. The molecule has 0 saturated heterocycles. The third-order valence-corrected chi connectivity index (χ3v) is 2.90. The van der Waals surface area contributed by atoms with Gasteiger partial charge in [0.15, 0.2) is 0 Å². The Hall–Kier alpha value is -0.480. The van der Waals surface area contributed by atoms with Crippen molar-refractivity contribution in [1.29, 1.82) is 0 Å². The molecule has 0 spiro atoms. The Labute approximate surface area is 82.1 Å². The summed E-state index contributed by atoms with van der Waals surface area (Å²) in [5.41, 5.74) is 5.99. The van der Waals surface area contributed by atoms with Crippen molar-refractivity contribution in [2.45, 2.75) is 57.9 Å². The van der Waals surface area contributed by atoms with E-state index in [4.69, 9.17) is 5.73 Å². The van der Waals surface area contributed by atoms with Crippen molar-refractivity contribution in [3.63, 3.8) is 0 Å². The molecule has 1 nitrogen and oxygen atoms in total. The quantitative estimate of drug-likeness (QED) is 0.662. The molecule has 1 rings (SSSR count). The van der Waals surface area contributed by atoms with E-state index in [1.807, 2.05) is 6.92 Å². The smallest absolute Gasteiger partial charge is 0.0241 e. The maximum Gasteiger partial charge on any atom is 0.0241 e. The van der Waals surface area contributed by atoms with E-state index in [1.165, 1.54) is 38.5 Å². The highest BCUT2D eigenvalue weighted by molar-refractivity contribution is 4.97. The van der Waals surface area contributed by atoms with Crippen molar-refractivity contribution in [2.24, 2.45) is 11.7 Å². The Morgan fingerprint density at radius 3 is 2.62 bits per heavy atom. The standard InChI is InChI=1S/C12H21N/c1-2-3-9-12(13)10-11-7-5-4-6-8-11/h11-12H,4-10,13H2,1H3. The van der Waals surface area contributed by atoms with E-state index in [9.17, 15) is 0 Å². The Bertz CT molecular complexity index is 181. The average Bonchev–Trinajstić information content (AvgIpc) is 2.16. The number of hydrogen-bond donors (Lipinski definition) is 1. The van der Waals surface area contributed by atoms with Crippen LogP contribution < -0.4 is 5.73 Å². The summed E-state index contributed by atoms with van der Waals surface area (Å²) in [6, 6.07) is 0.315. The van der Waals surface area contributed by atoms with E-state index in [-0.39, 0.29) is 0 Å². The molecule has 1 aliphatic rings. The highest BCUT2D eigenvalue weighted by Gasteiger charge is 2.15. The molecule has 0 aromatic rings. The zero-order chi connectivity index (χ0) is 9.52. The van der Waals surface area contributed by atoms with Gasteiger partial charge in [0.05, 0.1) is 0 Å². The summed E-state index contributed by atoms with van der Waals surface area (Å²) in [6.45, 7) is 1.88. The van der Waals surface area contributed by atoms with Crippen molar-refractivity contribution < 1.29 is 0 Å². The summed E-state index contributed by atoms with van der Waals surface area (Å²) < 4.78 is 0. The first-order valence-electron chi connectivity index (χ1n) is 5.48. The minimum Gasteiger partial charge on any atom is -0.327 e. The lowest BCUT2D eigenvalue weighted by atomic mass is 9.84. The fraction of sp³-hybridized carbons (Fsp3) is 0.833. The Balaban J connectivity index is 2.16. The van der Waals surface area contributed by atoms with Gasteiger partial charge in [0.25, 0.3) is 0 Å². The lowest BCUT2D eigenvalue weighted by molar-refractivity contribution is 0.318. The van der Waals surface area contributed by atoms with E-state index < -0.39 is 0 Å². The van der Waals surface area contributed by atoms with Gasteiger partial charge in [-0.05, 0) is 19.3 Å². The van der Waals surface area contributed by atoms with Gasteiger partial charge in [0.1, 0.15) is 0 Å². The molecule has 0 heterocycles. The van der Waals surface area contributed by atoms with Gasteiger partial charge in [0.2, 0.25) is 0 Å².